The third-order valence-corrected chi connectivity index (χ3v) is 4.89. The van der Waals surface area contributed by atoms with Crippen molar-refractivity contribution in [2.75, 3.05) is 32.8 Å². The summed E-state index contributed by atoms with van der Waals surface area (Å²) in [4.78, 5) is 5.06. The first kappa shape index (κ1) is 11.9. The second kappa shape index (κ2) is 4.84. The number of rotatable bonds is 4. The quantitative estimate of drug-likeness (QED) is 0.717. The molecule has 3 aliphatic rings. The average molecular weight is 239 g/mol. The van der Waals surface area contributed by atoms with Crippen molar-refractivity contribution in [1.82, 2.24) is 9.80 Å². The lowest BCUT2D eigenvalue weighted by atomic mass is 10.0. The minimum absolute atomic E-state index is 0.188. The van der Waals surface area contributed by atoms with Gasteiger partial charge in [-0.3, -0.25) is 9.80 Å². The number of aliphatic hydroxyl groups is 1. The number of nitrogens with zero attached hydrogens (tertiary/aromatic N) is 2. The minimum atomic E-state index is 0.188. The van der Waals surface area contributed by atoms with Crippen LogP contribution in [-0.2, 0) is 0 Å². The van der Waals surface area contributed by atoms with Gasteiger partial charge < -0.3 is 10.8 Å². The molecule has 4 heteroatoms. The van der Waals surface area contributed by atoms with Crippen molar-refractivity contribution < 1.29 is 5.11 Å². The number of hydrogen-bond acceptors (Lipinski definition) is 4. The predicted octanol–water partition coefficient (Wildman–Crippen LogP) is -0.135. The number of hydrogen-bond donors (Lipinski definition) is 2. The molecular weight excluding hydrogens is 214 g/mol. The highest BCUT2D eigenvalue weighted by Gasteiger charge is 2.39. The summed E-state index contributed by atoms with van der Waals surface area (Å²) >= 11 is 0. The van der Waals surface area contributed by atoms with Crippen LogP contribution in [0.25, 0.3) is 0 Å². The van der Waals surface area contributed by atoms with Crippen molar-refractivity contribution in [3.05, 3.63) is 0 Å². The Morgan fingerprint density at radius 1 is 1.18 bits per heavy atom. The molecule has 3 unspecified atom stereocenters. The fraction of sp³-hybridized carbons (Fsp3) is 1.00. The molecular formula is C13H25N3O. The Morgan fingerprint density at radius 2 is 2.00 bits per heavy atom. The lowest BCUT2D eigenvalue weighted by Crippen LogP contribution is -2.59. The van der Waals surface area contributed by atoms with Crippen LogP contribution in [0.5, 0.6) is 0 Å². The van der Waals surface area contributed by atoms with Crippen molar-refractivity contribution in [3.8, 4) is 0 Å². The summed E-state index contributed by atoms with van der Waals surface area (Å²) in [5, 5.41) is 9.63. The summed E-state index contributed by atoms with van der Waals surface area (Å²) in [5.41, 5.74) is 6.29. The molecule has 3 fully saturated rings. The van der Waals surface area contributed by atoms with Crippen molar-refractivity contribution in [3.63, 3.8) is 0 Å². The summed E-state index contributed by atoms with van der Waals surface area (Å²) in [5.74, 6) is 0.675. The minimum Gasteiger partial charge on any atom is -0.395 e. The molecule has 17 heavy (non-hydrogen) atoms. The molecule has 0 radical (unpaired) electrons. The highest BCUT2D eigenvalue weighted by molar-refractivity contribution is 4.96. The second-order valence-electron chi connectivity index (χ2n) is 5.99. The van der Waals surface area contributed by atoms with Crippen molar-refractivity contribution in [2.24, 2.45) is 11.7 Å². The largest absolute Gasteiger partial charge is 0.395 e. The fourth-order valence-electron chi connectivity index (χ4n) is 3.59. The Morgan fingerprint density at radius 3 is 2.71 bits per heavy atom. The zero-order chi connectivity index (χ0) is 11.8. The normalized spacial score (nSPS) is 34.6. The van der Waals surface area contributed by atoms with Gasteiger partial charge in [0.2, 0.25) is 0 Å². The van der Waals surface area contributed by atoms with E-state index in [0.717, 1.165) is 19.1 Å². The fourth-order valence-corrected chi connectivity index (χ4v) is 3.59. The van der Waals surface area contributed by atoms with E-state index in [1.54, 1.807) is 0 Å². The van der Waals surface area contributed by atoms with Crippen LogP contribution < -0.4 is 5.73 Å². The number of aliphatic hydroxyl groups excluding tert-OH is 1. The molecule has 0 amide bonds. The molecule has 1 saturated carbocycles. The van der Waals surface area contributed by atoms with Crippen LogP contribution >= 0.6 is 0 Å². The van der Waals surface area contributed by atoms with Crippen molar-refractivity contribution in [2.45, 2.75) is 43.8 Å². The molecule has 1 aliphatic carbocycles. The van der Waals surface area contributed by atoms with Gasteiger partial charge in [-0.25, -0.2) is 0 Å². The molecule has 3 rings (SSSR count). The molecule has 4 nitrogen and oxygen atoms in total. The molecule has 0 bridgehead atoms. The van der Waals surface area contributed by atoms with E-state index in [1.807, 2.05) is 0 Å². The number of fused-ring (bicyclic) bond motifs is 1. The molecule has 0 spiro atoms. The number of piperazine rings is 1. The van der Waals surface area contributed by atoms with E-state index in [-0.39, 0.29) is 18.7 Å². The zero-order valence-electron chi connectivity index (χ0n) is 10.6. The van der Waals surface area contributed by atoms with Crippen LogP contribution in [0, 0.1) is 5.92 Å². The topological polar surface area (TPSA) is 52.7 Å². The van der Waals surface area contributed by atoms with Gasteiger partial charge in [-0.1, -0.05) is 0 Å². The summed E-state index contributed by atoms with van der Waals surface area (Å²) < 4.78 is 0. The lowest BCUT2D eigenvalue weighted by Gasteiger charge is -2.43. The number of nitrogens with two attached hydrogens (primary N) is 1. The standard InChI is InChI=1S/C13H25N3O/c14-13(10-3-4-10)12(9-17)16-7-6-15-5-1-2-11(15)8-16/h10-13,17H,1-9,14H2. The third kappa shape index (κ3) is 2.36. The molecule has 3 N–H and O–H groups in total. The van der Waals surface area contributed by atoms with Crippen molar-refractivity contribution >= 4 is 0 Å². The first-order valence-corrected chi connectivity index (χ1v) is 7.14. The molecule has 2 saturated heterocycles. The summed E-state index contributed by atoms with van der Waals surface area (Å²) in [7, 11) is 0. The Hall–Kier alpha value is -0.160. The van der Waals surface area contributed by atoms with Crippen LogP contribution in [-0.4, -0.2) is 65.8 Å². The molecule has 0 aromatic carbocycles. The van der Waals surface area contributed by atoms with Crippen LogP contribution in [0.4, 0.5) is 0 Å². The van der Waals surface area contributed by atoms with Gasteiger partial charge in [-0.05, 0) is 38.1 Å². The lowest BCUT2D eigenvalue weighted by molar-refractivity contribution is 0.0332. The van der Waals surface area contributed by atoms with Crippen LogP contribution in [0.1, 0.15) is 25.7 Å². The maximum absolute atomic E-state index is 9.63. The molecule has 2 aliphatic heterocycles. The highest BCUT2D eigenvalue weighted by Crippen LogP contribution is 2.34. The van der Waals surface area contributed by atoms with E-state index in [2.05, 4.69) is 9.80 Å². The Balaban J connectivity index is 1.61. The van der Waals surface area contributed by atoms with Gasteiger partial charge in [0.1, 0.15) is 0 Å². The average Bonchev–Trinajstić information content (AvgIpc) is 3.09. The van der Waals surface area contributed by atoms with Gasteiger partial charge in [-0.15, -0.1) is 0 Å². The monoisotopic (exact) mass is 239 g/mol. The third-order valence-electron chi connectivity index (χ3n) is 4.89. The van der Waals surface area contributed by atoms with Crippen LogP contribution in [0.15, 0.2) is 0 Å². The summed E-state index contributed by atoms with van der Waals surface area (Å²) in [6, 6.07) is 1.11. The van der Waals surface area contributed by atoms with Gasteiger partial charge in [-0.2, -0.15) is 0 Å². The van der Waals surface area contributed by atoms with Crippen LogP contribution in [0.2, 0.25) is 0 Å². The second-order valence-corrected chi connectivity index (χ2v) is 5.99. The molecule has 3 atom stereocenters. The first-order valence-electron chi connectivity index (χ1n) is 7.14. The van der Waals surface area contributed by atoms with E-state index in [4.69, 9.17) is 5.73 Å². The maximum atomic E-state index is 9.63. The van der Waals surface area contributed by atoms with E-state index in [9.17, 15) is 5.11 Å². The zero-order valence-corrected chi connectivity index (χ0v) is 10.6. The predicted molar refractivity (Wildman–Crippen MR) is 67.7 cm³/mol. The van der Waals surface area contributed by atoms with Crippen LogP contribution in [0.3, 0.4) is 0 Å². The maximum Gasteiger partial charge on any atom is 0.0602 e. The Kier molecular flexibility index (Phi) is 3.39. The van der Waals surface area contributed by atoms with Gasteiger partial charge in [0.05, 0.1) is 6.61 Å². The van der Waals surface area contributed by atoms with Gasteiger partial charge in [0.25, 0.3) is 0 Å². The van der Waals surface area contributed by atoms with E-state index in [1.165, 1.54) is 38.8 Å². The van der Waals surface area contributed by atoms with E-state index >= 15 is 0 Å². The Labute approximate surface area is 104 Å². The van der Waals surface area contributed by atoms with Gasteiger partial charge >= 0.3 is 0 Å². The molecule has 0 aromatic heterocycles. The first-order chi connectivity index (χ1) is 8.29. The summed E-state index contributed by atoms with van der Waals surface area (Å²) in [6.07, 6.45) is 5.20. The molecule has 98 valence electrons. The Bertz CT molecular complexity index is 269. The van der Waals surface area contributed by atoms with Gasteiger partial charge in [0, 0.05) is 37.8 Å². The molecule has 0 aromatic rings. The SMILES string of the molecule is NC(C1CC1)C(CO)N1CCN2CCCC2C1. The van der Waals surface area contributed by atoms with E-state index < -0.39 is 0 Å². The van der Waals surface area contributed by atoms with E-state index in [0.29, 0.717) is 5.92 Å². The smallest absolute Gasteiger partial charge is 0.0602 e. The summed E-state index contributed by atoms with van der Waals surface area (Å²) in [6.45, 7) is 4.87. The molecule has 2 heterocycles. The van der Waals surface area contributed by atoms with Gasteiger partial charge in [0.15, 0.2) is 0 Å². The van der Waals surface area contributed by atoms with Crippen molar-refractivity contribution in [1.29, 1.82) is 0 Å². The highest BCUT2D eigenvalue weighted by atomic mass is 16.3.